The third-order valence-corrected chi connectivity index (χ3v) is 9.92. The number of aromatic nitrogens is 3. The Labute approximate surface area is 262 Å². The number of oxazole rings is 1. The summed E-state index contributed by atoms with van der Waals surface area (Å²) in [5, 5.41) is 13.7. The van der Waals surface area contributed by atoms with E-state index in [0.717, 1.165) is 59.2 Å². The molecule has 1 amide bonds. The quantitative estimate of drug-likeness (QED) is 0.199. The van der Waals surface area contributed by atoms with Crippen molar-refractivity contribution in [3.63, 3.8) is 0 Å². The van der Waals surface area contributed by atoms with Gasteiger partial charge in [0.25, 0.3) is 6.01 Å². The molecule has 2 atom stereocenters. The second-order valence-corrected chi connectivity index (χ2v) is 12.3. The van der Waals surface area contributed by atoms with Gasteiger partial charge in [-0.3, -0.25) is 9.78 Å². The summed E-state index contributed by atoms with van der Waals surface area (Å²) in [4.78, 5) is 29.4. The fraction of sp³-hybridized carbons (Fsp3) is 0.333. The molecule has 9 heteroatoms. The lowest BCUT2D eigenvalue weighted by molar-refractivity contribution is -0.123. The van der Waals surface area contributed by atoms with Crippen LogP contribution in [0.1, 0.15) is 61.3 Å². The molecule has 2 aliphatic carbocycles. The van der Waals surface area contributed by atoms with Crippen molar-refractivity contribution in [3.8, 4) is 23.1 Å². The van der Waals surface area contributed by atoms with Crippen molar-refractivity contribution in [2.24, 2.45) is 0 Å². The fourth-order valence-electron chi connectivity index (χ4n) is 7.18. The molecule has 0 unspecified atom stereocenters. The molecule has 2 N–H and O–H groups in total. The number of ether oxygens (including phenoxy) is 1. The summed E-state index contributed by atoms with van der Waals surface area (Å²) in [5.41, 5.74) is 4.08. The number of benzene rings is 2. The van der Waals surface area contributed by atoms with Crippen molar-refractivity contribution in [2.75, 3.05) is 25.6 Å². The van der Waals surface area contributed by atoms with E-state index in [1.54, 1.807) is 31.7 Å². The Morgan fingerprint density at radius 1 is 1.13 bits per heavy atom. The summed E-state index contributed by atoms with van der Waals surface area (Å²) in [5.74, 6) is 0.613. The highest BCUT2D eigenvalue weighted by Crippen LogP contribution is 2.57. The Balaban J connectivity index is 1.20. The SMILES string of the molecule is COc1ccc(C2(CNC(=O)[C@]3(N(C)c4nc(-c5ccc(C#N)cc5)co4)C[C@H]3c3c[nH]c4ccccc34)CCCCC2)nc1. The summed E-state index contributed by atoms with van der Waals surface area (Å²) >= 11 is 0. The first-order chi connectivity index (χ1) is 22.0. The molecule has 0 saturated heterocycles. The fourth-order valence-corrected chi connectivity index (χ4v) is 7.18. The number of anilines is 1. The van der Waals surface area contributed by atoms with E-state index in [-0.39, 0.29) is 17.2 Å². The average molecular weight is 601 g/mol. The lowest BCUT2D eigenvalue weighted by Gasteiger charge is -2.38. The number of para-hydroxylation sites is 1. The normalized spacial score (nSPS) is 20.3. The van der Waals surface area contributed by atoms with Gasteiger partial charge in [0.1, 0.15) is 23.2 Å². The van der Waals surface area contributed by atoms with Crippen LogP contribution in [0.15, 0.2) is 83.7 Å². The lowest BCUT2D eigenvalue weighted by atomic mass is 9.71. The van der Waals surface area contributed by atoms with E-state index in [9.17, 15) is 10.1 Å². The van der Waals surface area contributed by atoms with Crippen molar-refractivity contribution >= 4 is 22.8 Å². The molecule has 2 aromatic carbocycles. The molecule has 0 spiro atoms. The van der Waals surface area contributed by atoms with Gasteiger partial charge in [0.05, 0.1) is 24.9 Å². The van der Waals surface area contributed by atoms with Crippen LogP contribution in [-0.4, -0.2) is 47.1 Å². The Morgan fingerprint density at radius 3 is 2.67 bits per heavy atom. The number of H-pyrrole nitrogens is 1. The van der Waals surface area contributed by atoms with Gasteiger partial charge in [-0.15, -0.1) is 0 Å². The predicted octanol–water partition coefficient (Wildman–Crippen LogP) is 6.48. The molecule has 2 fully saturated rings. The lowest BCUT2D eigenvalue weighted by Crippen LogP contribution is -2.52. The first-order valence-electron chi connectivity index (χ1n) is 15.5. The van der Waals surface area contributed by atoms with Crippen LogP contribution in [0.5, 0.6) is 5.75 Å². The predicted molar refractivity (Wildman–Crippen MR) is 172 cm³/mol. The zero-order chi connectivity index (χ0) is 31.0. The molecule has 0 radical (unpaired) electrons. The number of rotatable bonds is 9. The third-order valence-electron chi connectivity index (χ3n) is 9.92. The van der Waals surface area contributed by atoms with Gasteiger partial charge in [-0.05, 0) is 55.2 Å². The Kier molecular flexibility index (Phi) is 7.28. The van der Waals surface area contributed by atoms with E-state index < -0.39 is 5.54 Å². The number of carbonyl (C=O) groups excluding carboxylic acids is 1. The number of hydrogen-bond donors (Lipinski definition) is 2. The standard InChI is InChI=1S/C36H36N6O3/c1-42(34-41-31(22-45-34)25-12-10-24(19-37)11-13-25)36(18-29(36)28-21-38-30-9-5-4-8-27(28)30)33(43)40-23-35(16-6-3-7-17-35)32-15-14-26(44-2)20-39-32/h4-5,8-15,20-22,29,38H,3,6-7,16-18,23H2,1-2H3,(H,40,43)/t29-,36-/m0/s1. The molecule has 5 aromatic rings. The summed E-state index contributed by atoms with van der Waals surface area (Å²) in [6.45, 7) is 0.503. The van der Waals surface area contributed by atoms with Crippen molar-refractivity contribution in [1.82, 2.24) is 20.3 Å². The van der Waals surface area contributed by atoms with E-state index in [1.807, 2.05) is 54.5 Å². The van der Waals surface area contributed by atoms with Crippen LogP contribution in [0, 0.1) is 11.3 Å². The summed E-state index contributed by atoms with van der Waals surface area (Å²) in [7, 11) is 3.54. The van der Waals surface area contributed by atoms with E-state index >= 15 is 0 Å². The van der Waals surface area contributed by atoms with Gasteiger partial charge in [-0.25, -0.2) is 0 Å². The number of methoxy groups -OCH3 is 1. The van der Waals surface area contributed by atoms with Crippen LogP contribution in [0.2, 0.25) is 0 Å². The maximum absolute atomic E-state index is 14.5. The number of amides is 1. The van der Waals surface area contributed by atoms with Crippen molar-refractivity contribution in [1.29, 1.82) is 5.26 Å². The molecular formula is C36H36N6O3. The highest BCUT2D eigenvalue weighted by Gasteiger charge is 2.65. The maximum atomic E-state index is 14.5. The molecule has 2 aliphatic rings. The number of nitrogens with zero attached hydrogens (tertiary/aromatic N) is 4. The van der Waals surface area contributed by atoms with Gasteiger partial charge in [0.15, 0.2) is 0 Å². The van der Waals surface area contributed by atoms with Gasteiger partial charge in [-0.1, -0.05) is 49.6 Å². The molecule has 45 heavy (non-hydrogen) atoms. The second kappa shape index (κ2) is 11.4. The van der Waals surface area contributed by atoms with E-state index in [0.29, 0.717) is 30.2 Å². The smallest absolute Gasteiger partial charge is 0.298 e. The molecule has 2 saturated carbocycles. The van der Waals surface area contributed by atoms with E-state index in [4.69, 9.17) is 19.1 Å². The molecule has 228 valence electrons. The molecule has 0 bridgehead atoms. The Morgan fingerprint density at radius 2 is 1.93 bits per heavy atom. The number of nitriles is 1. The molecule has 9 nitrogen and oxygen atoms in total. The Bertz CT molecular complexity index is 1860. The second-order valence-electron chi connectivity index (χ2n) is 12.3. The molecule has 0 aliphatic heterocycles. The van der Waals surface area contributed by atoms with Crippen LogP contribution < -0.4 is 15.0 Å². The minimum Gasteiger partial charge on any atom is -0.495 e. The summed E-state index contributed by atoms with van der Waals surface area (Å²) in [6.07, 6.45) is 11.3. The number of nitrogens with one attached hydrogen (secondary N) is 2. The largest absolute Gasteiger partial charge is 0.495 e. The highest BCUT2D eigenvalue weighted by atomic mass is 16.5. The van der Waals surface area contributed by atoms with E-state index in [2.05, 4.69) is 28.5 Å². The van der Waals surface area contributed by atoms with Gasteiger partial charge < -0.3 is 24.4 Å². The van der Waals surface area contributed by atoms with Crippen LogP contribution in [0.25, 0.3) is 22.2 Å². The summed E-state index contributed by atoms with van der Waals surface area (Å²) in [6, 6.07) is 21.9. The van der Waals surface area contributed by atoms with Gasteiger partial charge in [0.2, 0.25) is 5.91 Å². The number of likely N-dealkylation sites (N-methyl/N-ethyl adjacent to an activating group) is 1. The van der Waals surface area contributed by atoms with Crippen LogP contribution >= 0.6 is 0 Å². The van der Waals surface area contributed by atoms with Gasteiger partial charge in [-0.2, -0.15) is 10.2 Å². The number of carbonyl (C=O) groups is 1. The first-order valence-corrected chi connectivity index (χ1v) is 15.5. The molecule has 7 rings (SSSR count). The van der Waals surface area contributed by atoms with Crippen LogP contribution in [0.4, 0.5) is 6.01 Å². The zero-order valence-electron chi connectivity index (χ0n) is 25.5. The van der Waals surface area contributed by atoms with Crippen molar-refractivity contribution < 1.29 is 13.9 Å². The van der Waals surface area contributed by atoms with Crippen molar-refractivity contribution in [2.45, 2.75) is 55.4 Å². The van der Waals surface area contributed by atoms with Gasteiger partial charge in [0, 0.05) is 53.3 Å². The third kappa shape index (κ3) is 5.00. The van der Waals surface area contributed by atoms with E-state index in [1.165, 1.54) is 6.42 Å². The maximum Gasteiger partial charge on any atom is 0.298 e. The molecular weight excluding hydrogens is 564 g/mol. The average Bonchev–Trinajstić information content (AvgIpc) is 3.42. The first kappa shape index (κ1) is 28.7. The van der Waals surface area contributed by atoms with Crippen LogP contribution in [0.3, 0.4) is 0 Å². The minimum atomic E-state index is -0.888. The number of fused-ring (bicyclic) bond motifs is 1. The van der Waals surface area contributed by atoms with Crippen molar-refractivity contribution in [3.05, 3.63) is 96.1 Å². The molecule has 3 aromatic heterocycles. The zero-order valence-corrected chi connectivity index (χ0v) is 25.5. The highest BCUT2D eigenvalue weighted by molar-refractivity contribution is 5.97. The summed E-state index contributed by atoms with van der Waals surface area (Å²) < 4.78 is 11.4. The number of hydrogen-bond acceptors (Lipinski definition) is 7. The molecule has 3 heterocycles. The van der Waals surface area contributed by atoms with Crippen LogP contribution in [-0.2, 0) is 10.2 Å². The topological polar surface area (TPSA) is 120 Å². The minimum absolute atomic E-state index is 0.0446. The monoisotopic (exact) mass is 600 g/mol. The Hall–Kier alpha value is -5.10. The van der Waals surface area contributed by atoms with Gasteiger partial charge >= 0.3 is 0 Å². The number of aromatic amines is 1. The number of pyridine rings is 1.